The van der Waals surface area contributed by atoms with Crippen molar-refractivity contribution in [3.05, 3.63) is 29.3 Å². The van der Waals surface area contributed by atoms with E-state index in [4.69, 9.17) is 10.5 Å². The minimum absolute atomic E-state index is 0.172. The zero-order valence-corrected chi connectivity index (χ0v) is 12.4. The van der Waals surface area contributed by atoms with Crippen LogP contribution < -0.4 is 10.5 Å². The van der Waals surface area contributed by atoms with Crippen LogP contribution >= 0.6 is 0 Å². The second-order valence-electron chi connectivity index (χ2n) is 5.60. The molecule has 0 aliphatic carbocycles. The zero-order chi connectivity index (χ0) is 14.5. The highest BCUT2D eigenvalue weighted by Gasteiger charge is 2.24. The van der Waals surface area contributed by atoms with Crippen molar-refractivity contribution < 1.29 is 9.53 Å². The van der Waals surface area contributed by atoms with Crippen molar-refractivity contribution in [1.29, 1.82) is 0 Å². The summed E-state index contributed by atoms with van der Waals surface area (Å²) in [6.07, 6.45) is 1.46. The lowest BCUT2D eigenvalue weighted by Gasteiger charge is -2.17. The van der Waals surface area contributed by atoms with Crippen LogP contribution in [0.2, 0.25) is 0 Å². The number of amides is 1. The largest absolute Gasteiger partial charge is 0.493 e. The van der Waals surface area contributed by atoms with Crippen LogP contribution in [-0.2, 0) is 4.79 Å². The molecule has 20 heavy (non-hydrogen) atoms. The topological polar surface area (TPSA) is 55.6 Å². The Morgan fingerprint density at radius 2 is 2.25 bits per heavy atom. The van der Waals surface area contributed by atoms with Gasteiger partial charge in [-0.25, -0.2) is 0 Å². The van der Waals surface area contributed by atoms with Gasteiger partial charge in [0.25, 0.3) is 0 Å². The molecule has 2 rings (SSSR count). The molecule has 1 aliphatic rings. The predicted octanol–water partition coefficient (Wildman–Crippen LogP) is 1.88. The van der Waals surface area contributed by atoms with Crippen molar-refractivity contribution in [1.82, 2.24) is 4.90 Å². The molecule has 1 saturated heterocycles. The molecule has 110 valence electrons. The Kier molecular flexibility index (Phi) is 5.01. The van der Waals surface area contributed by atoms with Crippen LogP contribution in [0.5, 0.6) is 5.75 Å². The van der Waals surface area contributed by atoms with Crippen molar-refractivity contribution in [3.63, 3.8) is 0 Å². The fourth-order valence-corrected chi connectivity index (χ4v) is 2.52. The number of ether oxygens (including phenoxy) is 1. The first kappa shape index (κ1) is 14.9. The van der Waals surface area contributed by atoms with Crippen LogP contribution in [0.3, 0.4) is 0 Å². The third-order valence-corrected chi connectivity index (χ3v) is 3.89. The summed E-state index contributed by atoms with van der Waals surface area (Å²) in [6.45, 7) is 6.80. The van der Waals surface area contributed by atoms with Crippen LogP contribution in [0.1, 0.15) is 24.0 Å². The Bertz CT molecular complexity index is 474. The molecule has 1 aromatic rings. The maximum atomic E-state index is 12.1. The van der Waals surface area contributed by atoms with Gasteiger partial charge in [0.1, 0.15) is 5.75 Å². The lowest BCUT2D eigenvalue weighted by molar-refractivity contribution is -0.130. The van der Waals surface area contributed by atoms with Gasteiger partial charge in [-0.05, 0) is 49.9 Å². The summed E-state index contributed by atoms with van der Waals surface area (Å²) in [4.78, 5) is 14.0. The summed E-state index contributed by atoms with van der Waals surface area (Å²) in [7, 11) is 0. The number of carbonyl (C=O) groups excluding carboxylic acids is 1. The molecule has 1 aromatic carbocycles. The molecule has 1 atom stereocenters. The average molecular weight is 276 g/mol. The van der Waals surface area contributed by atoms with Gasteiger partial charge in [-0.3, -0.25) is 4.79 Å². The molecule has 0 aromatic heterocycles. The summed E-state index contributed by atoms with van der Waals surface area (Å²) in [5.74, 6) is 1.52. The number of hydrogen-bond donors (Lipinski definition) is 1. The van der Waals surface area contributed by atoms with Crippen molar-refractivity contribution in [2.45, 2.75) is 26.7 Å². The molecule has 1 fully saturated rings. The minimum Gasteiger partial charge on any atom is -0.493 e. The van der Waals surface area contributed by atoms with Gasteiger partial charge in [-0.15, -0.1) is 0 Å². The van der Waals surface area contributed by atoms with E-state index >= 15 is 0 Å². The number of benzene rings is 1. The van der Waals surface area contributed by atoms with Gasteiger partial charge in [-0.1, -0.05) is 12.1 Å². The Balaban J connectivity index is 1.78. The number of nitrogens with two attached hydrogens (primary N) is 1. The lowest BCUT2D eigenvalue weighted by Crippen LogP contribution is -2.30. The third kappa shape index (κ3) is 3.73. The molecule has 0 saturated carbocycles. The van der Waals surface area contributed by atoms with E-state index in [9.17, 15) is 4.79 Å². The predicted molar refractivity (Wildman–Crippen MR) is 79.8 cm³/mol. The Labute approximate surface area is 120 Å². The number of nitrogens with zero attached hydrogens (tertiary/aromatic N) is 1. The van der Waals surface area contributed by atoms with Crippen LogP contribution in [0, 0.1) is 19.8 Å². The molecular formula is C16H24N2O2. The van der Waals surface area contributed by atoms with E-state index < -0.39 is 0 Å². The zero-order valence-electron chi connectivity index (χ0n) is 12.4. The maximum Gasteiger partial charge on any atom is 0.226 e. The van der Waals surface area contributed by atoms with E-state index in [1.54, 1.807) is 0 Å². The molecular weight excluding hydrogens is 252 g/mol. The minimum atomic E-state index is 0.172. The van der Waals surface area contributed by atoms with Gasteiger partial charge >= 0.3 is 0 Å². The number of aryl methyl sites for hydroxylation is 2. The molecule has 0 radical (unpaired) electrons. The lowest BCUT2D eigenvalue weighted by atomic mass is 10.1. The van der Waals surface area contributed by atoms with Gasteiger partial charge in [0.05, 0.1) is 13.0 Å². The van der Waals surface area contributed by atoms with E-state index in [-0.39, 0.29) is 5.91 Å². The molecule has 4 heteroatoms. The Morgan fingerprint density at radius 1 is 1.45 bits per heavy atom. The van der Waals surface area contributed by atoms with Crippen molar-refractivity contribution >= 4 is 5.91 Å². The first-order valence-electron chi connectivity index (χ1n) is 7.28. The molecule has 0 unspecified atom stereocenters. The second kappa shape index (κ2) is 6.75. The van der Waals surface area contributed by atoms with Gasteiger partial charge in [0.15, 0.2) is 0 Å². The van der Waals surface area contributed by atoms with Crippen molar-refractivity contribution in [2.75, 3.05) is 26.2 Å². The van der Waals surface area contributed by atoms with Crippen LogP contribution in [0.25, 0.3) is 0 Å². The average Bonchev–Trinajstić information content (AvgIpc) is 2.91. The first-order chi connectivity index (χ1) is 9.60. The molecule has 1 heterocycles. The van der Waals surface area contributed by atoms with Gasteiger partial charge in [0.2, 0.25) is 5.91 Å². The smallest absolute Gasteiger partial charge is 0.226 e. The Morgan fingerprint density at radius 3 is 2.95 bits per heavy atom. The Hall–Kier alpha value is -1.55. The van der Waals surface area contributed by atoms with Gasteiger partial charge in [0, 0.05) is 13.1 Å². The summed E-state index contributed by atoms with van der Waals surface area (Å²) in [6, 6.07) is 6.11. The van der Waals surface area contributed by atoms with Crippen molar-refractivity contribution in [3.8, 4) is 5.75 Å². The summed E-state index contributed by atoms with van der Waals surface area (Å²) < 4.78 is 5.73. The monoisotopic (exact) mass is 276 g/mol. The molecule has 2 N–H and O–H groups in total. The fourth-order valence-electron chi connectivity index (χ4n) is 2.52. The van der Waals surface area contributed by atoms with Crippen molar-refractivity contribution in [2.24, 2.45) is 11.7 Å². The fraction of sp³-hybridized carbons (Fsp3) is 0.562. The van der Waals surface area contributed by atoms with Crippen LogP contribution in [0.4, 0.5) is 0 Å². The highest BCUT2D eigenvalue weighted by molar-refractivity contribution is 5.76. The second-order valence-corrected chi connectivity index (χ2v) is 5.60. The molecule has 1 amide bonds. The third-order valence-electron chi connectivity index (χ3n) is 3.89. The number of likely N-dealkylation sites (tertiary alicyclic amines) is 1. The molecule has 1 aliphatic heterocycles. The molecule has 0 bridgehead atoms. The van der Waals surface area contributed by atoms with E-state index in [0.717, 1.165) is 30.8 Å². The normalized spacial score (nSPS) is 18.4. The summed E-state index contributed by atoms with van der Waals surface area (Å²) >= 11 is 0. The quantitative estimate of drug-likeness (QED) is 0.893. The van der Waals surface area contributed by atoms with Gasteiger partial charge < -0.3 is 15.4 Å². The molecule has 0 spiro atoms. The summed E-state index contributed by atoms with van der Waals surface area (Å²) in [5, 5.41) is 0. The highest BCUT2D eigenvalue weighted by atomic mass is 16.5. The van der Waals surface area contributed by atoms with E-state index in [1.165, 1.54) is 5.56 Å². The first-order valence-corrected chi connectivity index (χ1v) is 7.28. The maximum absolute atomic E-state index is 12.1. The van der Waals surface area contributed by atoms with E-state index in [0.29, 0.717) is 25.5 Å². The van der Waals surface area contributed by atoms with Crippen LogP contribution in [0.15, 0.2) is 18.2 Å². The molecule has 4 nitrogen and oxygen atoms in total. The van der Waals surface area contributed by atoms with Gasteiger partial charge in [-0.2, -0.15) is 0 Å². The number of rotatable bonds is 5. The van der Waals surface area contributed by atoms with Crippen LogP contribution in [-0.4, -0.2) is 37.0 Å². The van der Waals surface area contributed by atoms with E-state index in [2.05, 4.69) is 6.07 Å². The SMILES string of the molecule is Cc1ccc(C)c(OCCC(=O)N2CC[C@@H](CN)C2)c1. The number of carbonyl (C=O) groups is 1. The number of hydrogen-bond acceptors (Lipinski definition) is 3. The summed E-state index contributed by atoms with van der Waals surface area (Å²) in [5.41, 5.74) is 7.91. The standard InChI is InChI=1S/C16H24N2O2/c1-12-3-4-13(2)15(9-12)20-8-6-16(19)18-7-5-14(10-17)11-18/h3-4,9,14H,5-8,10-11,17H2,1-2H3/t14-/m0/s1. The highest BCUT2D eigenvalue weighted by Crippen LogP contribution is 2.20. The van der Waals surface area contributed by atoms with E-state index in [1.807, 2.05) is 30.9 Å².